The van der Waals surface area contributed by atoms with Crippen molar-refractivity contribution in [2.75, 3.05) is 0 Å². The average molecular weight is 469 g/mol. The van der Waals surface area contributed by atoms with E-state index in [1.165, 1.54) is 12.1 Å². The fourth-order valence-electron chi connectivity index (χ4n) is 5.31. The molecule has 2 aliphatic rings. The molecule has 0 radical (unpaired) electrons. The lowest BCUT2D eigenvalue weighted by Crippen LogP contribution is -2.50. The monoisotopic (exact) mass is 468 g/mol. The summed E-state index contributed by atoms with van der Waals surface area (Å²) in [7, 11) is 0. The third-order valence-electron chi connectivity index (χ3n) is 7.31. The predicted molar refractivity (Wildman–Crippen MR) is 129 cm³/mol. The highest BCUT2D eigenvalue weighted by Gasteiger charge is 2.51. The van der Waals surface area contributed by atoms with Gasteiger partial charge in [0.1, 0.15) is 11.4 Å². The van der Waals surface area contributed by atoms with Gasteiger partial charge in [-0.1, -0.05) is 56.6 Å². The van der Waals surface area contributed by atoms with E-state index in [9.17, 15) is 14.0 Å². The lowest BCUT2D eigenvalue weighted by molar-refractivity contribution is -0.132. The zero-order valence-electron chi connectivity index (χ0n) is 19.6. The van der Waals surface area contributed by atoms with E-state index < -0.39 is 11.7 Å². The second-order valence-electron chi connectivity index (χ2n) is 10.3. The SMILES string of the molecule is C[C@H](c1ccc(C(=O)F)cc1)N1C(=O)C(c2cccc(Cl)c2)=NC12CCC(C(C)(C)C)CC2. The zero-order valence-corrected chi connectivity index (χ0v) is 20.3. The number of rotatable bonds is 4. The molecule has 1 aliphatic heterocycles. The minimum absolute atomic E-state index is 0.00923. The number of hydrogen-bond donors (Lipinski definition) is 0. The van der Waals surface area contributed by atoms with Crippen molar-refractivity contribution in [1.82, 2.24) is 4.90 Å². The summed E-state index contributed by atoms with van der Waals surface area (Å²) in [6.07, 6.45) is 3.55. The Morgan fingerprint density at radius 3 is 2.33 bits per heavy atom. The molecular weight excluding hydrogens is 439 g/mol. The van der Waals surface area contributed by atoms with Crippen LogP contribution in [0.3, 0.4) is 0 Å². The maximum absolute atomic E-state index is 13.8. The lowest BCUT2D eigenvalue weighted by atomic mass is 9.69. The summed E-state index contributed by atoms with van der Waals surface area (Å²) < 4.78 is 13.1. The molecule has 1 aliphatic carbocycles. The van der Waals surface area contributed by atoms with Gasteiger partial charge in [-0.05, 0) is 73.8 Å². The molecule has 0 saturated heterocycles. The van der Waals surface area contributed by atoms with Gasteiger partial charge >= 0.3 is 6.04 Å². The molecule has 1 atom stereocenters. The van der Waals surface area contributed by atoms with Gasteiger partial charge < -0.3 is 4.90 Å². The van der Waals surface area contributed by atoms with Gasteiger partial charge in [0.2, 0.25) is 0 Å². The van der Waals surface area contributed by atoms with Crippen molar-refractivity contribution in [2.24, 2.45) is 16.3 Å². The zero-order chi connectivity index (χ0) is 24.0. The van der Waals surface area contributed by atoms with Gasteiger partial charge in [-0.3, -0.25) is 14.6 Å². The Hall–Kier alpha value is -2.53. The van der Waals surface area contributed by atoms with E-state index in [2.05, 4.69) is 20.8 Å². The molecule has 0 N–H and O–H groups in total. The number of halogens is 2. The fourth-order valence-corrected chi connectivity index (χ4v) is 5.50. The Kier molecular flexibility index (Phi) is 6.21. The van der Waals surface area contributed by atoms with Crippen molar-refractivity contribution in [3.63, 3.8) is 0 Å². The van der Waals surface area contributed by atoms with Gasteiger partial charge in [0.15, 0.2) is 0 Å². The molecule has 1 fully saturated rings. The highest BCUT2D eigenvalue weighted by molar-refractivity contribution is 6.47. The molecule has 1 spiro atoms. The number of aliphatic imine (C=N–C) groups is 1. The van der Waals surface area contributed by atoms with E-state index in [0.29, 0.717) is 16.7 Å². The van der Waals surface area contributed by atoms with Gasteiger partial charge in [0, 0.05) is 10.6 Å². The first kappa shape index (κ1) is 23.6. The van der Waals surface area contributed by atoms with Crippen LogP contribution in [0.1, 0.15) is 80.9 Å². The lowest BCUT2D eigenvalue weighted by Gasteiger charge is -2.46. The Labute approximate surface area is 199 Å². The number of carbonyl (C=O) groups excluding carboxylic acids is 2. The van der Waals surface area contributed by atoms with Crippen LogP contribution in [0.15, 0.2) is 53.5 Å². The predicted octanol–water partition coefficient (Wildman–Crippen LogP) is 6.77. The van der Waals surface area contributed by atoms with E-state index in [4.69, 9.17) is 16.6 Å². The van der Waals surface area contributed by atoms with Crippen molar-refractivity contribution >= 4 is 29.3 Å². The van der Waals surface area contributed by atoms with E-state index in [-0.39, 0.29) is 22.9 Å². The number of carbonyl (C=O) groups is 2. The van der Waals surface area contributed by atoms with Crippen molar-refractivity contribution < 1.29 is 14.0 Å². The third-order valence-corrected chi connectivity index (χ3v) is 7.54. The molecule has 1 heterocycles. The van der Waals surface area contributed by atoms with Crippen molar-refractivity contribution in [3.05, 3.63) is 70.2 Å². The maximum Gasteiger partial charge on any atom is 0.332 e. The van der Waals surface area contributed by atoms with E-state index in [0.717, 1.165) is 36.8 Å². The fraction of sp³-hybridized carbons (Fsp3) is 0.444. The van der Waals surface area contributed by atoms with Gasteiger partial charge in [-0.2, -0.15) is 4.39 Å². The maximum atomic E-state index is 13.8. The molecular formula is C27H30ClFN2O2. The molecule has 6 heteroatoms. The molecule has 4 rings (SSSR count). The molecule has 1 amide bonds. The van der Waals surface area contributed by atoms with Crippen LogP contribution < -0.4 is 0 Å². The Balaban J connectivity index is 1.72. The molecule has 174 valence electrons. The normalized spacial score (nSPS) is 24.2. The number of benzene rings is 2. The molecule has 0 bridgehead atoms. The topological polar surface area (TPSA) is 49.7 Å². The Morgan fingerprint density at radius 1 is 1.15 bits per heavy atom. The van der Waals surface area contributed by atoms with Crippen molar-refractivity contribution in [3.8, 4) is 0 Å². The highest BCUT2D eigenvalue weighted by Crippen LogP contribution is 2.49. The van der Waals surface area contributed by atoms with E-state index >= 15 is 0 Å². The standard InChI is InChI=1S/C27H30ClFN2O2/c1-17(18-8-10-19(11-9-18)24(29)32)31-25(33)23(20-6-5-7-22(28)16-20)30-27(31)14-12-21(13-15-27)26(2,3)4/h5-11,16-17,21H,12-15H2,1-4H3/t17-,21?,27?/m1/s1. The summed E-state index contributed by atoms with van der Waals surface area (Å²) in [5, 5.41) is 0.562. The third kappa shape index (κ3) is 4.48. The minimum atomic E-state index is -1.46. The second kappa shape index (κ2) is 8.68. The van der Waals surface area contributed by atoms with E-state index in [1.807, 2.05) is 24.0 Å². The first-order chi connectivity index (χ1) is 15.5. The molecule has 0 aromatic heterocycles. The van der Waals surface area contributed by atoms with E-state index in [1.54, 1.807) is 24.3 Å². The average Bonchev–Trinajstić information content (AvgIpc) is 3.04. The summed E-state index contributed by atoms with van der Waals surface area (Å²) in [5.41, 5.74) is 1.59. The van der Waals surface area contributed by atoms with Gasteiger partial charge in [0.05, 0.1) is 11.6 Å². The van der Waals surface area contributed by atoms with Crippen molar-refractivity contribution in [1.29, 1.82) is 0 Å². The summed E-state index contributed by atoms with van der Waals surface area (Å²) in [5.74, 6) is 0.445. The Morgan fingerprint density at radius 2 is 1.79 bits per heavy atom. The quantitative estimate of drug-likeness (QED) is 0.464. The van der Waals surface area contributed by atoms with Crippen LogP contribution in [0.2, 0.25) is 5.02 Å². The first-order valence-corrected chi connectivity index (χ1v) is 11.9. The van der Waals surface area contributed by atoms with Crippen LogP contribution in [0.25, 0.3) is 0 Å². The van der Waals surface area contributed by atoms with Gasteiger partial charge in [-0.15, -0.1) is 0 Å². The van der Waals surface area contributed by atoms with Crippen LogP contribution in [-0.4, -0.2) is 28.2 Å². The van der Waals surface area contributed by atoms with Crippen LogP contribution in [0.5, 0.6) is 0 Å². The smallest absolute Gasteiger partial charge is 0.306 e. The summed E-state index contributed by atoms with van der Waals surface area (Å²) in [6.45, 7) is 8.77. The second-order valence-corrected chi connectivity index (χ2v) is 10.8. The van der Waals surface area contributed by atoms with Crippen LogP contribution in [-0.2, 0) is 4.79 Å². The van der Waals surface area contributed by atoms with Crippen molar-refractivity contribution in [2.45, 2.75) is 65.1 Å². The molecule has 2 aromatic rings. The van der Waals surface area contributed by atoms with Crippen LogP contribution in [0, 0.1) is 11.3 Å². The molecule has 2 aromatic carbocycles. The molecule has 4 nitrogen and oxygen atoms in total. The number of amides is 1. The minimum Gasteiger partial charge on any atom is -0.306 e. The molecule has 33 heavy (non-hydrogen) atoms. The van der Waals surface area contributed by atoms with Crippen LogP contribution in [0.4, 0.5) is 4.39 Å². The van der Waals surface area contributed by atoms with Gasteiger partial charge in [-0.25, -0.2) is 0 Å². The summed E-state index contributed by atoms with van der Waals surface area (Å²) in [6, 6.07) is 11.9. The number of nitrogens with zero attached hydrogens (tertiary/aromatic N) is 2. The molecule has 0 unspecified atom stereocenters. The summed E-state index contributed by atoms with van der Waals surface area (Å²) in [4.78, 5) is 31.8. The Bertz CT molecular complexity index is 1100. The van der Waals surface area contributed by atoms with Gasteiger partial charge in [0.25, 0.3) is 5.91 Å². The first-order valence-electron chi connectivity index (χ1n) is 11.5. The largest absolute Gasteiger partial charge is 0.332 e. The summed E-state index contributed by atoms with van der Waals surface area (Å²) >= 11 is 6.21. The number of hydrogen-bond acceptors (Lipinski definition) is 3. The highest BCUT2D eigenvalue weighted by atomic mass is 35.5. The van der Waals surface area contributed by atoms with Crippen LogP contribution >= 0.6 is 11.6 Å². The molecule has 1 saturated carbocycles.